The third-order valence-corrected chi connectivity index (χ3v) is 14.3. The van der Waals surface area contributed by atoms with E-state index in [0.717, 1.165) is 17.7 Å². The molecular formula is C47H38F7IrN4P2+2. The maximum absolute atomic E-state index is 14.0. The molecule has 0 aliphatic heterocycles. The van der Waals surface area contributed by atoms with Crippen molar-refractivity contribution in [2.75, 3.05) is 0 Å². The third kappa shape index (κ3) is 14.9. The van der Waals surface area contributed by atoms with Crippen LogP contribution in [0.15, 0.2) is 169 Å². The molecule has 0 unspecified atom stereocenters. The van der Waals surface area contributed by atoms with Gasteiger partial charge in [0.05, 0.1) is 55.1 Å². The molecule has 1 aromatic heterocycles. The standard InChI is InChI=1S/2C19H14F2P.C9H8F3N4.Ir/c2*20-16-12-11-15(19(21)13-16)14-22(17-7-3-1-4-8-17)18-9-5-2-6-10-18;1-5-2-3-15-6(4-5)7(13)16-8(14)9(10,11)12;/h2*1-10,12-13H,14H2;2-4H,1H3,(H2-,13,14,16);/q3*-1;+3/p+2. The van der Waals surface area contributed by atoms with E-state index < -0.39 is 57.0 Å². The van der Waals surface area contributed by atoms with Crippen LogP contribution in [0.1, 0.15) is 22.4 Å². The molecule has 14 heteroatoms. The van der Waals surface area contributed by atoms with Crippen molar-refractivity contribution in [1.82, 2.24) is 4.98 Å². The molecule has 4 nitrogen and oxygen atoms in total. The number of halogens is 7. The molecule has 312 valence electrons. The van der Waals surface area contributed by atoms with Crippen LogP contribution >= 0.6 is 15.8 Å². The number of aryl methyl sites for hydroxylation is 1. The summed E-state index contributed by atoms with van der Waals surface area (Å²) in [6, 6.07) is 53.3. The van der Waals surface area contributed by atoms with E-state index in [1.165, 1.54) is 45.6 Å². The number of benzene rings is 6. The molecule has 0 spiro atoms. The summed E-state index contributed by atoms with van der Waals surface area (Å²) in [6.07, 6.45) is -2.38. The second-order valence-corrected chi connectivity index (χ2v) is 18.0. The number of nitrogens with zero attached hydrogens (tertiary/aromatic N) is 2. The van der Waals surface area contributed by atoms with E-state index in [-0.39, 0.29) is 25.8 Å². The summed E-state index contributed by atoms with van der Waals surface area (Å²) < 4.78 is 90.0. The minimum Gasteiger partial charge on any atom is -0.480 e. The van der Waals surface area contributed by atoms with Gasteiger partial charge in [0.2, 0.25) is 0 Å². The van der Waals surface area contributed by atoms with Crippen molar-refractivity contribution in [3.8, 4) is 0 Å². The van der Waals surface area contributed by atoms with E-state index >= 15 is 0 Å². The molecule has 0 fully saturated rings. The first-order valence-electron chi connectivity index (χ1n) is 18.3. The summed E-state index contributed by atoms with van der Waals surface area (Å²) >= 11 is 0. The predicted molar refractivity (Wildman–Crippen MR) is 232 cm³/mol. The zero-order valence-electron chi connectivity index (χ0n) is 32.4. The van der Waals surface area contributed by atoms with Crippen LogP contribution in [-0.4, -0.2) is 22.8 Å². The Kier molecular flexibility index (Phi) is 18.7. The summed E-state index contributed by atoms with van der Waals surface area (Å²) in [5, 5.41) is 11.4. The molecule has 0 amide bonds. The number of aromatic nitrogens is 1. The van der Waals surface area contributed by atoms with Crippen molar-refractivity contribution >= 4 is 48.7 Å². The smallest absolute Gasteiger partial charge is 0.480 e. The molecule has 6 aromatic carbocycles. The molecule has 0 saturated heterocycles. The van der Waals surface area contributed by atoms with Gasteiger partial charge in [-0.3, -0.25) is 22.5 Å². The summed E-state index contributed by atoms with van der Waals surface area (Å²) in [6.45, 7) is 1.72. The van der Waals surface area contributed by atoms with Gasteiger partial charge in [-0.1, -0.05) is 83.9 Å². The fourth-order valence-corrected chi connectivity index (χ4v) is 10.9. The van der Waals surface area contributed by atoms with Crippen LogP contribution in [0.5, 0.6) is 0 Å². The SMILES string of the molecule is Cc1ccnc(C([NH-])=NC(=N)C(F)(F)F)c1.Fc1c[c-]c(C[PH+](c2ccccc2)c2ccccc2)c(F)c1.Fc1c[c-]c(C[PH+](c2ccccc2)c2ccccc2)c(F)c1.[Ir+3]. The van der Waals surface area contributed by atoms with Gasteiger partial charge in [-0.05, 0) is 79.0 Å². The maximum atomic E-state index is 14.0. The van der Waals surface area contributed by atoms with E-state index in [0.29, 0.717) is 23.5 Å². The Morgan fingerprint density at radius 1 is 0.623 bits per heavy atom. The van der Waals surface area contributed by atoms with Crippen LogP contribution in [0.2, 0.25) is 0 Å². The molecule has 1 heterocycles. The topological polar surface area (TPSA) is 72.9 Å². The molecule has 0 aliphatic rings. The first-order valence-corrected chi connectivity index (χ1v) is 21.7. The maximum Gasteiger partial charge on any atom is 3.00 e. The van der Waals surface area contributed by atoms with Crippen molar-refractivity contribution in [2.45, 2.75) is 25.4 Å². The van der Waals surface area contributed by atoms with Crippen molar-refractivity contribution in [3.63, 3.8) is 0 Å². The summed E-state index contributed by atoms with van der Waals surface area (Å²) in [7, 11) is -2.36. The van der Waals surface area contributed by atoms with Crippen molar-refractivity contribution in [1.29, 1.82) is 5.41 Å². The van der Waals surface area contributed by atoms with Gasteiger partial charge in [-0.15, -0.1) is 24.3 Å². The van der Waals surface area contributed by atoms with Crippen molar-refractivity contribution < 1.29 is 50.8 Å². The number of hydrogen-bond acceptors (Lipinski definition) is 2. The average molecular weight is 1050 g/mol. The van der Waals surface area contributed by atoms with Crippen molar-refractivity contribution in [2.24, 2.45) is 4.99 Å². The fourth-order valence-electron chi connectivity index (χ4n) is 5.77. The van der Waals surface area contributed by atoms with Gasteiger partial charge in [0.25, 0.3) is 0 Å². The monoisotopic (exact) mass is 1050 g/mol. The molecule has 7 aromatic rings. The van der Waals surface area contributed by atoms with E-state index in [2.05, 4.69) is 70.6 Å². The van der Waals surface area contributed by atoms with Crippen LogP contribution in [0.25, 0.3) is 5.73 Å². The zero-order chi connectivity index (χ0) is 43.1. The number of nitrogens with one attached hydrogen (secondary N) is 2. The van der Waals surface area contributed by atoms with E-state index in [1.807, 2.05) is 72.8 Å². The predicted octanol–water partition coefficient (Wildman–Crippen LogP) is 11.0. The summed E-state index contributed by atoms with van der Waals surface area (Å²) in [5.41, 5.74) is 8.92. The minimum atomic E-state index is -4.84. The second kappa shape index (κ2) is 23.6. The Morgan fingerprint density at radius 3 is 1.30 bits per heavy atom. The number of rotatable bonds is 9. The van der Waals surface area contributed by atoms with Gasteiger partial charge >= 0.3 is 26.3 Å². The minimum absolute atomic E-state index is 0. The zero-order valence-corrected chi connectivity index (χ0v) is 36.8. The largest absolute Gasteiger partial charge is 3.00 e. The van der Waals surface area contributed by atoms with Crippen LogP contribution in [0.3, 0.4) is 0 Å². The van der Waals surface area contributed by atoms with Crippen LogP contribution in [0.4, 0.5) is 30.7 Å². The van der Waals surface area contributed by atoms with Gasteiger partial charge < -0.3 is 16.1 Å². The third-order valence-electron chi connectivity index (χ3n) is 8.72. The number of pyridine rings is 1. The molecule has 61 heavy (non-hydrogen) atoms. The summed E-state index contributed by atoms with van der Waals surface area (Å²) in [4.78, 5) is 6.53. The van der Waals surface area contributed by atoms with Gasteiger partial charge in [0, 0.05) is 29.5 Å². The Labute approximate surface area is 366 Å². The average Bonchev–Trinajstić information content (AvgIpc) is 3.24. The van der Waals surface area contributed by atoms with Crippen LogP contribution in [-0.2, 0) is 32.4 Å². The number of aliphatic imine (C=N–C) groups is 1. The van der Waals surface area contributed by atoms with Gasteiger partial charge in [0.1, 0.15) is 5.84 Å². The Bertz CT molecular complexity index is 2270. The van der Waals surface area contributed by atoms with Crippen LogP contribution < -0.4 is 21.2 Å². The number of amidine groups is 2. The van der Waals surface area contributed by atoms with Gasteiger partial charge in [-0.2, -0.15) is 25.3 Å². The second-order valence-electron chi connectivity index (χ2n) is 13.1. The van der Waals surface area contributed by atoms with E-state index in [4.69, 9.17) is 11.1 Å². The molecule has 0 aliphatic carbocycles. The molecule has 7 rings (SSSR count). The Morgan fingerprint density at radius 2 is 0.984 bits per heavy atom. The molecular weight excluding hydrogens is 1010 g/mol. The first kappa shape index (κ1) is 48.3. The molecule has 0 saturated carbocycles. The van der Waals surface area contributed by atoms with E-state index in [1.54, 1.807) is 13.0 Å². The Hall–Kier alpha value is -5.37. The Balaban J connectivity index is 0.000000203. The van der Waals surface area contributed by atoms with Crippen molar-refractivity contribution in [3.05, 3.63) is 227 Å². The van der Waals surface area contributed by atoms with Gasteiger partial charge in [0.15, 0.2) is 0 Å². The molecule has 0 bridgehead atoms. The first-order chi connectivity index (χ1) is 28.8. The number of hydrogen-bond donors (Lipinski definition) is 1. The molecule has 0 atom stereocenters. The molecule has 2 N–H and O–H groups in total. The quantitative estimate of drug-likeness (QED) is 0.0505. The summed E-state index contributed by atoms with van der Waals surface area (Å²) in [5.74, 6) is -4.69. The van der Waals surface area contributed by atoms with Crippen LogP contribution in [0, 0.1) is 47.7 Å². The van der Waals surface area contributed by atoms with E-state index in [9.17, 15) is 30.7 Å². The normalized spacial score (nSPS) is 11.1. The number of alkyl halides is 3. The van der Waals surface area contributed by atoms with Gasteiger partial charge in [-0.25, -0.2) is 0 Å². The fraction of sp³-hybridized carbons (Fsp3) is 0.0851. The molecule has 0 radical (unpaired) electrons.